The number of nitrogens with zero attached hydrogens (tertiary/aromatic N) is 2. The van der Waals surface area contributed by atoms with Gasteiger partial charge in [-0.3, -0.25) is 4.79 Å². The van der Waals surface area contributed by atoms with Gasteiger partial charge in [-0.1, -0.05) is 23.2 Å². The molecule has 0 fully saturated rings. The first kappa shape index (κ1) is 18.0. The van der Waals surface area contributed by atoms with E-state index in [1.54, 1.807) is 42.5 Å². The van der Waals surface area contributed by atoms with Crippen molar-refractivity contribution in [2.24, 2.45) is 0 Å². The second kappa shape index (κ2) is 8.03. The van der Waals surface area contributed by atoms with Crippen LogP contribution in [0.4, 0.5) is 17.3 Å². The van der Waals surface area contributed by atoms with Gasteiger partial charge in [0.25, 0.3) is 5.91 Å². The molecule has 8 heteroatoms. The molecule has 26 heavy (non-hydrogen) atoms. The molecular weight excluding hydrogens is 375 g/mol. The number of methoxy groups -OCH3 is 1. The van der Waals surface area contributed by atoms with Crippen molar-refractivity contribution >= 4 is 46.4 Å². The molecule has 3 aromatic rings. The van der Waals surface area contributed by atoms with Crippen molar-refractivity contribution < 1.29 is 9.53 Å². The summed E-state index contributed by atoms with van der Waals surface area (Å²) in [5, 5.41) is 6.88. The van der Waals surface area contributed by atoms with Crippen molar-refractivity contribution in [2.45, 2.75) is 0 Å². The van der Waals surface area contributed by atoms with E-state index in [2.05, 4.69) is 20.6 Å². The highest BCUT2D eigenvalue weighted by Crippen LogP contribution is 2.28. The standard InChI is InChI=1S/C18H14Cl2N4O2/c1-26-16-7-4-13(20)8-15(16)24-17(25)11-9-21-18(22-10-11)23-14-5-2-12(19)3-6-14/h2-10H,1H3,(H,24,25)(H,21,22,23). The Labute approximate surface area is 160 Å². The van der Waals surface area contributed by atoms with Gasteiger partial charge in [-0.25, -0.2) is 9.97 Å². The molecule has 2 aromatic carbocycles. The van der Waals surface area contributed by atoms with Crippen LogP contribution in [0.15, 0.2) is 54.9 Å². The van der Waals surface area contributed by atoms with Gasteiger partial charge in [-0.05, 0) is 42.5 Å². The molecule has 132 valence electrons. The number of carbonyl (C=O) groups excluding carboxylic acids is 1. The summed E-state index contributed by atoms with van der Waals surface area (Å²) in [6.45, 7) is 0. The number of aromatic nitrogens is 2. The van der Waals surface area contributed by atoms with Gasteiger partial charge in [-0.15, -0.1) is 0 Å². The zero-order valence-electron chi connectivity index (χ0n) is 13.7. The minimum atomic E-state index is -0.372. The van der Waals surface area contributed by atoms with E-state index in [4.69, 9.17) is 27.9 Å². The van der Waals surface area contributed by atoms with Gasteiger partial charge >= 0.3 is 0 Å². The Morgan fingerprint density at radius 1 is 1.00 bits per heavy atom. The monoisotopic (exact) mass is 388 g/mol. The van der Waals surface area contributed by atoms with Crippen molar-refractivity contribution in [3.8, 4) is 5.75 Å². The number of halogens is 2. The first-order valence-corrected chi connectivity index (χ1v) is 8.30. The first-order chi connectivity index (χ1) is 12.5. The normalized spacial score (nSPS) is 10.3. The molecule has 0 aliphatic carbocycles. The van der Waals surface area contributed by atoms with Crippen LogP contribution < -0.4 is 15.4 Å². The van der Waals surface area contributed by atoms with Crippen LogP contribution in [0.25, 0.3) is 0 Å². The summed E-state index contributed by atoms with van der Waals surface area (Å²) in [6, 6.07) is 12.1. The first-order valence-electron chi connectivity index (χ1n) is 7.54. The average molecular weight is 389 g/mol. The summed E-state index contributed by atoms with van der Waals surface area (Å²) in [5.41, 5.74) is 1.55. The predicted octanol–water partition coefficient (Wildman–Crippen LogP) is 4.79. The fourth-order valence-electron chi connectivity index (χ4n) is 2.14. The number of nitrogens with one attached hydrogen (secondary N) is 2. The van der Waals surface area contributed by atoms with Gasteiger partial charge in [0.2, 0.25) is 5.95 Å². The molecule has 2 N–H and O–H groups in total. The van der Waals surface area contributed by atoms with E-state index in [1.807, 2.05) is 0 Å². The van der Waals surface area contributed by atoms with Crippen LogP contribution in [-0.2, 0) is 0 Å². The van der Waals surface area contributed by atoms with E-state index in [1.165, 1.54) is 19.5 Å². The SMILES string of the molecule is COc1ccc(Cl)cc1NC(=O)c1cnc(Nc2ccc(Cl)cc2)nc1. The number of carbonyl (C=O) groups is 1. The summed E-state index contributed by atoms with van der Waals surface area (Å²) in [7, 11) is 1.51. The minimum absolute atomic E-state index is 0.300. The minimum Gasteiger partial charge on any atom is -0.495 e. The largest absolute Gasteiger partial charge is 0.495 e. The van der Waals surface area contributed by atoms with Crippen LogP contribution in [0.3, 0.4) is 0 Å². The van der Waals surface area contributed by atoms with Crippen molar-refractivity contribution in [1.82, 2.24) is 9.97 Å². The molecular formula is C18H14Cl2N4O2. The molecule has 0 atom stereocenters. The number of ether oxygens (including phenoxy) is 1. The van der Waals surface area contributed by atoms with Crippen molar-refractivity contribution in [1.29, 1.82) is 0 Å². The van der Waals surface area contributed by atoms with Crippen LogP contribution in [0.5, 0.6) is 5.75 Å². The maximum atomic E-state index is 12.4. The molecule has 0 saturated heterocycles. The average Bonchev–Trinajstić information content (AvgIpc) is 2.64. The van der Waals surface area contributed by atoms with E-state index in [0.717, 1.165) is 5.69 Å². The Balaban J connectivity index is 1.71. The highest BCUT2D eigenvalue weighted by Gasteiger charge is 2.11. The van der Waals surface area contributed by atoms with E-state index >= 15 is 0 Å². The van der Waals surface area contributed by atoms with Crippen LogP contribution in [0.1, 0.15) is 10.4 Å². The highest BCUT2D eigenvalue weighted by molar-refractivity contribution is 6.31. The van der Waals surface area contributed by atoms with Crippen LogP contribution >= 0.6 is 23.2 Å². The zero-order valence-corrected chi connectivity index (χ0v) is 15.2. The molecule has 0 aliphatic heterocycles. The van der Waals surface area contributed by atoms with Gasteiger partial charge in [0, 0.05) is 28.1 Å². The maximum Gasteiger partial charge on any atom is 0.258 e. The number of benzene rings is 2. The van der Waals surface area contributed by atoms with Crippen molar-refractivity contribution in [2.75, 3.05) is 17.7 Å². The lowest BCUT2D eigenvalue weighted by molar-refractivity contribution is 0.102. The van der Waals surface area contributed by atoms with E-state index in [0.29, 0.717) is 33.0 Å². The molecule has 0 spiro atoms. The fourth-order valence-corrected chi connectivity index (χ4v) is 2.44. The predicted molar refractivity (Wildman–Crippen MR) is 103 cm³/mol. The summed E-state index contributed by atoms with van der Waals surface area (Å²) >= 11 is 11.8. The topological polar surface area (TPSA) is 76.1 Å². The second-order valence-corrected chi connectivity index (χ2v) is 6.10. The molecule has 6 nitrogen and oxygen atoms in total. The summed E-state index contributed by atoms with van der Waals surface area (Å²) in [4.78, 5) is 20.7. The van der Waals surface area contributed by atoms with Gasteiger partial charge in [-0.2, -0.15) is 0 Å². The number of anilines is 3. The van der Waals surface area contributed by atoms with Gasteiger partial charge in [0.05, 0.1) is 18.4 Å². The Hall–Kier alpha value is -2.83. The maximum absolute atomic E-state index is 12.4. The fraction of sp³-hybridized carbons (Fsp3) is 0.0556. The number of amides is 1. The van der Waals surface area contributed by atoms with Crippen LogP contribution in [0.2, 0.25) is 10.0 Å². The van der Waals surface area contributed by atoms with Crippen molar-refractivity contribution in [3.63, 3.8) is 0 Å². The molecule has 0 radical (unpaired) electrons. The summed E-state index contributed by atoms with van der Waals surface area (Å²) in [6.07, 6.45) is 2.86. The third-order valence-corrected chi connectivity index (χ3v) is 3.91. The Morgan fingerprint density at radius 2 is 1.65 bits per heavy atom. The smallest absolute Gasteiger partial charge is 0.258 e. The van der Waals surface area contributed by atoms with Gasteiger partial charge in [0.15, 0.2) is 0 Å². The third kappa shape index (κ3) is 4.41. The lowest BCUT2D eigenvalue weighted by Gasteiger charge is -2.10. The summed E-state index contributed by atoms with van der Waals surface area (Å²) in [5.74, 6) is 0.498. The Kier molecular flexibility index (Phi) is 5.55. The molecule has 1 aromatic heterocycles. The molecule has 3 rings (SSSR count). The molecule has 0 bridgehead atoms. The van der Waals surface area contributed by atoms with Crippen LogP contribution in [-0.4, -0.2) is 23.0 Å². The lowest BCUT2D eigenvalue weighted by atomic mass is 10.2. The van der Waals surface area contributed by atoms with E-state index in [-0.39, 0.29) is 5.91 Å². The van der Waals surface area contributed by atoms with E-state index in [9.17, 15) is 4.79 Å². The number of hydrogen-bond acceptors (Lipinski definition) is 5. The number of rotatable bonds is 5. The highest BCUT2D eigenvalue weighted by atomic mass is 35.5. The van der Waals surface area contributed by atoms with Crippen LogP contribution in [0, 0.1) is 0 Å². The lowest BCUT2D eigenvalue weighted by Crippen LogP contribution is -2.13. The molecule has 0 saturated carbocycles. The quantitative estimate of drug-likeness (QED) is 0.656. The van der Waals surface area contributed by atoms with Crippen molar-refractivity contribution in [3.05, 3.63) is 70.5 Å². The summed E-state index contributed by atoms with van der Waals surface area (Å²) < 4.78 is 5.21. The Bertz CT molecular complexity index is 915. The van der Waals surface area contributed by atoms with E-state index < -0.39 is 0 Å². The molecule has 0 unspecified atom stereocenters. The second-order valence-electron chi connectivity index (χ2n) is 5.23. The van der Waals surface area contributed by atoms with Gasteiger partial charge < -0.3 is 15.4 Å². The zero-order chi connectivity index (χ0) is 18.5. The van der Waals surface area contributed by atoms with Gasteiger partial charge in [0.1, 0.15) is 5.75 Å². The third-order valence-electron chi connectivity index (χ3n) is 3.42. The Morgan fingerprint density at radius 3 is 2.31 bits per heavy atom. The molecule has 0 aliphatic rings. The molecule has 1 amide bonds. The molecule has 1 heterocycles. The number of hydrogen-bond donors (Lipinski definition) is 2.